The maximum atomic E-state index is 12.0. The predicted octanol–water partition coefficient (Wildman–Crippen LogP) is 2.82. The van der Waals surface area contributed by atoms with Gasteiger partial charge in [-0.3, -0.25) is 28.6 Å². The first-order valence-electron chi connectivity index (χ1n) is 11.0. The van der Waals surface area contributed by atoms with Crippen LogP contribution in [0.3, 0.4) is 0 Å². The molecule has 0 aliphatic carbocycles. The number of nitro benzene ring substituents is 2. The maximum Gasteiger partial charge on any atom is 0.296 e. The molecule has 0 fully saturated rings. The van der Waals surface area contributed by atoms with Gasteiger partial charge in [0.05, 0.1) is 32.9 Å². The highest BCUT2D eigenvalue weighted by Crippen LogP contribution is 2.18. The second-order valence-corrected chi connectivity index (χ2v) is 10.6. The number of rotatable bonds is 18. The van der Waals surface area contributed by atoms with Crippen LogP contribution in [0.5, 0.6) is 0 Å². The van der Waals surface area contributed by atoms with Gasteiger partial charge >= 0.3 is 0 Å². The molecular weight excluding hydrogens is 536 g/mol. The Morgan fingerprint density at radius 1 is 0.541 bits per heavy atom. The van der Waals surface area contributed by atoms with Crippen LogP contribution >= 0.6 is 0 Å². The molecule has 0 saturated heterocycles. The van der Waals surface area contributed by atoms with Crippen molar-refractivity contribution >= 4 is 31.6 Å². The van der Waals surface area contributed by atoms with E-state index < -0.39 is 30.1 Å². The molecule has 2 rings (SSSR count). The molecule has 0 heterocycles. The minimum atomic E-state index is -4.02. The zero-order valence-corrected chi connectivity index (χ0v) is 21.2. The number of hydrogen-bond donors (Lipinski definition) is 0. The molecule has 0 N–H and O–H groups in total. The summed E-state index contributed by atoms with van der Waals surface area (Å²) < 4.78 is 68.7. The Labute approximate surface area is 213 Å². The molecule has 37 heavy (non-hydrogen) atoms. The quantitative estimate of drug-likeness (QED) is 0.112. The van der Waals surface area contributed by atoms with E-state index in [0.29, 0.717) is 32.5 Å². The molecule has 0 amide bonds. The Balaban J connectivity index is 1.48. The van der Waals surface area contributed by atoms with Crippen LogP contribution in [-0.4, -0.2) is 66.3 Å². The predicted molar refractivity (Wildman–Crippen MR) is 128 cm³/mol. The Kier molecular flexibility index (Phi) is 12.0. The van der Waals surface area contributed by atoms with Crippen molar-refractivity contribution in [3.05, 3.63) is 68.8 Å². The van der Waals surface area contributed by atoms with Crippen molar-refractivity contribution in [2.24, 2.45) is 0 Å². The van der Waals surface area contributed by atoms with Crippen LogP contribution in [0.4, 0.5) is 11.4 Å². The number of hydrogen-bond acceptors (Lipinski definition) is 12. The average Bonchev–Trinajstić information content (AvgIpc) is 2.86. The van der Waals surface area contributed by atoms with Crippen LogP contribution in [0, 0.1) is 20.2 Å². The van der Waals surface area contributed by atoms with Gasteiger partial charge in [0.2, 0.25) is 0 Å². The van der Waals surface area contributed by atoms with Crippen molar-refractivity contribution in [2.75, 3.05) is 39.6 Å². The van der Waals surface area contributed by atoms with Gasteiger partial charge in [0.25, 0.3) is 31.6 Å². The molecule has 0 bridgehead atoms. The molecule has 2 aromatic carbocycles. The lowest BCUT2D eigenvalue weighted by molar-refractivity contribution is -0.385. The molecule has 16 heteroatoms. The molecule has 0 spiro atoms. The highest BCUT2D eigenvalue weighted by atomic mass is 32.2. The van der Waals surface area contributed by atoms with Gasteiger partial charge in [-0.1, -0.05) is 0 Å². The molecule has 0 atom stereocenters. The number of non-ortho nitro benzene ring substituents is 2. The van der Waals surface area contributed by atoms with Crippen LogP contribution < -0.4 is 0 Å². The van der Waals surface area contributed by atoms with Gasteiger partial charge in [-0.25, -0.2) is 0 Å². The second kappa shape index (κ2) is 14.7. The van der Waals surface area contributed by atoms with E-state index in [4.69, 9.17) is 17.8 Å². The highest BCUT2D eigenvalue weighted by Gasteiger charge is 2.17. The van der Waals surface area contributed by atoms with Crippen LogP contribution in [0.15, 0.2) is 58.3 Å². The summed E-state index contributed by atoms with van der Waals surface area (Å²) in [5, 5.41) is 21.2. The van der Waals surface area contributed by atoms with Crippen molar-refractivity contribution in [2.45, 2.75) is 29.1 Å². The molecule has 0 radical (unpaired) electrons. The topological polar surface area (TPSA) is 191 Å². The summed E-state index contributed by atoms with van der Waals surface area (Å²) in [6.07, 6.45) is 1.19. The van der Waals surface area contributed by atoms with Crippen LogP contribution in [0.25, 0.3) is 0 Å². The van der Waals surface area contributed by atoms with Gasteiger partial charge < -0.3 is 9.47 Å². The summed E-state index contributed by atoms with van der Waals surface area (Å²) in [6, 6.07) is 8.75. The van der Waals surface area contributed by atoms with Crippen LogP contribution in [0.1, 0.15) is 19.3 Å². The first-order chi connectivity index (χ1) is 17.5. The molecular formula is C21H26N2O12S2. The van der Waals surface area contributed by atoms with Crippen molar-refractivity contribution < 1.29 is 44.5 Å². The van der Waals surface area contributed by atoms with Gasteiger partial charge in [-0.15, -0.1) is 0 Å². The number of ether oxygens (including phenoxy) is 2. The van der Waals surface area contributed by atoms with Crippen LogP contribution in [-0.2, 0) is 38.1 Å². The largest absolute Gasteiger partial charge is 0.381 e. The van der Waals surface area contributed by atoms with Crippen molar-refractivity contribution in [1.29, 1.82) is 0 Å². The van der Waals surface area contributed by atoms with E-state index in [1.54, 1.807) is 0 Å². The molecule has 0 aliphatic heterocycles. The van der Waals surface area contributed by atoms with Gasteiger partial charge in [-0.2, -0.15) is 16.8 Å². The lowest BCUT2D eigenvalue weighted by Gasteiger charge is -2.08. The summed E-state index contributed by atoms with van der Waals surface area (Å²) in [5.41, 5.74) is -0.449. The minimum absolute atomic E-state index is 0.112. The fourth-order valence-electron chi connectivity index (χ4n) is 2.73. The third-order valence-corrected chi connectivity index (χ3v) is 7.25. The van der Waals surface area contributed by atoms with E-state index in [2.05, 4.69) is 0 Å². The third kappa shape index (κ3) is 10.5. The molecule has 0 saturated carbocycles. The number of benzene rings is 2. The summed E-state index contributed by atoms with van der Waals surface area (Å²) >= 11 is 0. The molecule has 14 nitrogen and oxygen atoms in total. The van der Waals surface area contributed by atoms with E-state index >= 15 is 0 Å². The normalized spacial score (nSPS) is 11.9. The van der Waals surface area contributed by atoms with Crippen molar-refractivity contribution in [3.63, 3.8) is 0 Å². The van der Waals surface area contributed by atoms with Gasteiger partial charge in [0, 0.05) is 50.7 Å². The zero-order chi connectivity index (χ0) is 27.3. The second-order valence-electron chi connectivity index (χ2n) is 7.34. The lowest BCUT2D eigenvalue weighted by Crippen LogP contribution is -2.11. The summed E-state index contributed by atoms with van der Waals surface area (Å²) in [4.78, 5) is 19.6. The smallest absolute Gasteiger partial charge is 0.296 e. The molecule has 0 aromatic heterocycles. The molecule has 204 valence electrons. The van der Waals surface area contributed by atoms with Crippen LogP contribution in [0.2, 0.25) is 0 Å². The maximum absolute atomic E-state index is 12.0. The molecule has 0 unspecified atom stereocenters. The Morgan fingerprint density at radius 3 is 1.14 bits per heavy atom. The standard InChI is InChI=1S/C21H26N2O12S2/c24-22(25)18-4-8-20(9-5-18)36(28,29)34-16-2-14-32-12-1-13-33-15-3-17-35-37(30,31)21-10-6-19(7-11-21)23(26)27/h4-11H,1-3,12-17H2. The third-order valence-electron chi connectivity index (χ3n) is 4.59. The summed E-state index contributed by atoms with van der Waals surface area (Å²) in [7, 11) is -8.03. The number of nitrogens with zero attached hydrogens (tertiary/aromatic N) is 2. The first kappa shape index (κ1) is 30.2. The van der Waals surface area contributed by atoms with E-state index in [9.17, 15) is 37.1 Å². The van der Waals surface area contributed by atoms with E-state index in [1.807, 2.05) is 0 Å². The monoisotopic (exact) mass is 562 g/mol. The molecule has 0 aliphatic rings. The Hall–Kier alpha value is -3.02. The summed E-state index contributed by atoms with van der Waals surface area (Å²) in [5.74, 6) is 0. The van der Waals surface area contributed by atoms with E-state index in [0.717, 1.165) is 48.5 Å². The summed E-state index contributed by atoms with van der Waals surface area (Å²) in [6.45, 7) is 1.01. The fourth-order valence-corrected chi connectivity index (χ4v) is 4.62. The lowest BCUT2D eigenvalue weighted by atomic mass is 10.3. The number of nitro groups is 2. The van der Waals surface area contributed by atoms with E-state index in [-0.39, 0.29) is 47.6 Å². The molecule has 2 aromatic rings. The highest BCUT2D eigenvalue weighted by molar-refractivity contribution is 7.87. The first-order valence-corrected chi connectivity index (χ1v) is 13.8. The SMILES string of the molecule is O=[N+]([O-])c1ccc(S(=O)(=O)OCCCOCCCOCCCOS(=O)(=O)c2ccc([N+](=O)[O-])cc2)cc1. The van der Waals surface area contributed by atoms with Gasteiger partial charge in [0.1, 0.15) is 0 Å². The average molecular weight is 563 g/mol. The van der Waals surface area contributed by atoms with Gasteiger partial charge in [-0.05, 0) is 43.5 Å². The Morgan fingerprint density at radius 2 is 0.838 bits per heavy atom. The minimum Gasteiger partial charge on any atom is -0.381 e. The van der Waals surface area contributed by atoms with Crippen molar-refractivity contribution in [1.82, 2.24) is 0 Å². The van der Waals surface area contributed by atoms with E-state index in [1.165, 1.54) is 0 Å². The van der Waals surface area contributed by atoms with Gasteiger partial charge in [0.15, 0.2) is 0 Å². The fraction of sp³-hybridized carbons (Fsp3) is 0.429. The Bertz CT molecular complexity index is 1130. The zero-order valence-electron chi connectivity index (χ0n) is 19.6. The van der Waals surface area contributed by atoms with Crippen molar-refractivity contribution in [3.8, 4) is 0 Å².